The van der Waals surface area contributed by atoms with Gasteiger partial charge in [-0.1, -0.05) is 23.8 Å². The van der Waals surface area contributed by atoms with Crippen molar-refractivity contribution in [3.63, 3.8) is 0 Å². The zero-order chi connectivity index (χ0) is 11.5. The fraction of sp³-hybridized carbons (Fsp3) is 0.154. The lowest BCUT2D eigenvalue weighted by Crippen LogP contribution is -2.20. The van der Waals surface area contributed by atoms with E-state index in [9.17, 15) is 4.79 Å². The third kappa shape index (κ3) is 2.14. The van der Waals surface area contributed by atoms with Crippen LogP contribution in [0.5, 0.6) is 0 Å². The van der Waals surface area contributed by atoms with Crippen molar-refractivity contribution < 1.29 is 4.79 Å². The van der Waals surface area contributed by atoms with Gasteiger partial charge in [0.2, 0.25) is 5.91 Å². The maximum absolute atomic E-state index is 11.1. The smallest absolute Gasteiger partial charge is 0.246 e. The minimum Gasteiger partial charge on any atom is -0.366 e. The molecular weight excluding hydrogens is 200 g/mol. The average Bonchev–Trinajstić information content (AvgIpc) is 2.30. The van der Waals surface area contributed by atoms with E-state index in [0.29, 0.717) is 12.0 Å². The van der Waals surface area contributed by atoms with Gasteiger partial charge in [-0.05, 0) is 25.5 Å². The average molecular weight is 214 g/mol. The van der Waals surface area contributed by atoms with Crippen LogP contribution in [0.1, 0.15) is 12.0 Å². The van der Waals surface area contributed by atoms with Crippen LogP contribution in [0.15, 0.2) is 48.3 Å². The molecule has 0 saturated carbocycles. The lowest BCUT2D eigenvalue weighted by Gasteiger charge is -2.20. The molecule has 0 unspecified atom stereocenters. The van der Waals surface area contributed by atoms with E-state index in [1.807, 2.05) is 48.4 Å². The molecule has 0 atom stereocenters. The molecule has 1 heterocycles. The summed E-state index contributed by atoms with van der Waals surface area (Å²) in [5.41, 5.74) is 8.13. The Morgan fingerprint density at radius 3 is 2.62 bits per heavy atom. The first-order valence-electron chi connectivity index (χ1n) is 5.19. The van der Waals surface area contributed by atoms with Gasteiger partial charge in [0.05, 0.1) is 0 Å². The molecule has 3 nitrogen and oxygen atoms in total. The minimum atomic E-state index is -0.360. The van der Waals surface area contributed by atoms with Gasteiger partial charge >= 0.3 is 0 Å². The Morgan fingerprint density at radius 1 is 1.31 bits per heavy atom. The van der Waals surface area contributed by atoms with Crippen molar-refractivity contribution in [3.05, 3.63) is 53.9 Å². The van der Waals surface area contributed by atoms with Crippen LogP contribution in [0.4, 0.5) is 5.69 Å². The third-order valence-electron chi connectivity index (χ3n) is 2.55. The molecule has 2 rings (SSSR count). The number of aryl methyl sites for hydroxylation is 1. The van der Waals surface area contributed by atoms with Gasteiger partial charge in [-0.15, -0.1) is 0 Å². The number of allylic oxidation sites excluding steroid dienone is 1. The van der Waals surface area contributed by atoms with Crippen molar-refractivity contribution in [1.82, 2.24) is 0 Å². The number of amides is 1. The van der Waals surface area contributed by atoms with E-state index in [4.69, 9.17) is 5.73 Å². The van der Waals surface area contributed by atoms with E-state index >= 15 is 0 Å². The van der Waals surface area contributed by atoms with E-state index in [2.05, 4.69) is 0 Å². The molecule has 0 aliphatic carbocycles. The molecule has 0 spiro atoms. The number of nitrogens with zero attached hydrogens (tertiary/aromatic N) is 1. The first-order valence-corrected chi connectivity index (χ1v) is 5.19. The molecule has 0 saturated heterocycles. The number of carbonyl (C=O) groups is 1. The van der Waals surface area contributed by atoms with Gasteiger partial charge in [-0.2, -0.15) is 0 Å². The predicted molar refractivity (Wildman–Crippen MR) is 64.7 cm³/mol. The second-order valence-corrected chi connectivity index (χ2v) is 3.85. The number of hydrogen-bond acceptors (Lipinski definition) is 2. The van der Waals surface area contributed by atoms with Crippen LogP contribution >= 0.6 is 0 Å². The number of benzene rings is 1. The normalized spacial score (nSPS) is 14.8. The summed E-state index contributed by atoms with van der Waals surface area (Å²) in [5.74, 6) is -0.360. The summed E-state index contributed by atoms with van der Waals surface area (Å²) in [6.07, 6.45) is 6.27. The Kier molecular flexibility index (Phi) is 2.77. The highest BCUT2D eigenvalue weighted by Gasteiger charge is 2.10. The highest BCUT2D eigenvalue weighted by molar-refractivity contribution is 5.93. The number of rotatable bonds is 2. The van der Waals surface area contributed by atoms with Gasteiger partial charge in [0, 0.05) is 23.7 Å². The summed E-state index contributed by atoms with van der Waals surface area (Å²) in [5, 5.41) is 0. The van der Waals surface area contributed by atoms with Gasteiger partial charge < -0.3 is 10.6 Å². The Labute approximate surface area is 94.9 Å². The highest BCUT2D eigenvalue weighted by atomic mass is 16.1. The minimum absolute atomic E-state index is 0.360. The van der Waals surface area contributed by atoms with E-state index in [1.165, 1.54) is 5.56 Å². The summed E-state index contributed by atoms with van der Waals surface area (Å²) < 4.78 is 0. The second-order valence-electron chi connectivity index (χ2n) is 3.85. The summed E-state index contributed by atoms with van der Waals surface area (Å²) in [7, 11) is 0. The lowest BCUT2D eigenvalue weighted by atomic mass is 10.1. The molecular formula is C13H14N2O. The Morgan fingerprint density at radius 2 is 2.00 bits per heavy atom. The molecule has 1 aliphatic rings. The maximum Gasteiger partial charge on any atom is 0.246 e. The molecule has 0 aromatic heterocycles. The topological polar surface area (TPSA) is 46.3 Å². The van der Waals surface area contributed by atoms with Crippen molar-refractivity contribution in [1.29, 1.82) is 0 Å². The fourth-order valence-electron chi connectivity index (χ4n) is 1.60. The molecule has 0 fully saturated rings. The molecule has 1 aliphatic heterocycles. The van der Waals surface area contributed by atoms with Gasteiger partial charge in [-0.3, -0.25) is 4.79 Å². The predicted octanol–water partition coefficient (Wildman–Crippen LogP) is 2.09. The molecule has 3 heteroatoms. The van der Waals surface area contributed by atoms with Crippen LogP contribution in [0, 0.1) is 6.92 Å². The molecule has 1 aromatic rings. The number of carbonyl (C=O) groups excluding carboxylic acids is 1. The molecule has 0 radical (unpaired) electrons. The van der Waals surface area contributed by atoms with Gasteiger partial charge in [0.25, 0.3) is 0 Å². The van der Waals surface area contributed by atoms with Crippen molar-refractivity contribution in [2.24, 2.45) is 5.73 Å². The van der Waals surface area contributed by atoms with Crippen molar-refractivity contribution in [2.45, 2.75) is 13.3 Å². The van der Waals surface area contributed by atoms with Crippen LogP contribution in [-0.2, 0) is 4.79 Å². The lowest BCUT2D eigenvalue weighted by molar-refractivity contribution is -0.114. The Bertz CT molecular complexity index is 457. The van der Waals surface area contributed by atoms with Gasteiger partial charge in [-0.25, -0.2) is 0 Å². The Balaban J connectivity index is 2.27. The summed E-state index contributed by atoms with van der Waals surface area (Å²) in [6, 6.07) is 8.10. The van der Waals surface area contributed by atoms with Crippen LogP contribution in [-0.4, -0.2) is 5.91 Å². The van der Waals surface area contributed by atoms with Crippen molar-refractivity contribution in [3.8, 4) is 0 Å². The maximum atomic E-state index is 11.1. The zero-order valence-electron chi connectivity index (χ0n) is 9.18. The molecule has 1 aromatic carbocycles. The van der Waals surface area contributed by atoms with E-state index < -0.39 is 0 Å². The largest absolute Gasteiger partial charge is 0.366 e. The fourth-order valence-corrected chi connectivity index (χ4v) is 1.60. The van der Waals surface area contributed by atoms with Gasteiger partial charge in [0.1, 0.15) is 0 Å². The molecule has 16 heavy (non-hydrogen) atoms. The monoisotopic (exact) mass is 214 g/mol. The van der Waals surface area contributed by atoms with Gasteiger partial charge in [0.15, 0.2) is 0 Å². The molecule has 2 N–H and O–H groups in total. The third-order valence-corrected chi connectivity index (χ3v) is 2.55. The Hall–Kier alpha value is -2.03. The first-order chi connectivity index (χ1) is 7.66. The van der Waals surface area contributed by atoms with E-state index in [0.717, 1.165) is 5.69 Å². The van der Waals surface area contributed by atoms with Crippen LogP contribution < -0.4 is 10.6 Å². The van der Waals surface area contributed by atoms with E-state index in [1.54, 1.807) is 6.20 Å². The second kappa shape index (κ2) is 4.23. The van der Waals surface area contributed by atoms with Crippen LogP contribution in [0.3, 0.4) is 0 Å². The quantitative estimate of drug-likeness (QED) is 0.819. The first kappa shape index (κ1) is 10.5. The van der Waals surface area contributed by atoms with Crippen LogP contribution in [0.2, 0.25) is 0 Å². The molecule has 82 valence electrons. The summed E-state index contributed by atoms with van der Waals surface area (Å²) >= 11 is 0. The number of anilines is 1. The van der Waals surface area contributed by atoms with Crippen LogP contribution in [0.25, 0.3) is 0 Å². The number of hydrogen-bond donors (Lipinski definition) is 1. The SMILES string of the molecule is Cc1ccc(N2C=CCC(C(N)=O)=C2)cc1. The number of nitrogens with two attached hydrogens (primary N) is 1. The van der Waals surface area contributed by atoms with Crippen molar-refractivity contribution in [2.75, 3.05) is 4.90 Å². The molecule has 1 amide bonds. The summed E-state index contributed by atoms with van der Waals surface area (Å²) in [6.45, 7) is 2.04. The van der Waals surface area contributed by atoms with Crippen molar-refractivity contribution >= 4 is 11.6 Å². The zero-order valence-corrected chi connectivity index (χ0v) is 9.18. The highest BCUT2D eigenvalue weighted by Crippen LogP contribution is 2.21. The standard InChI is InChI=1S/C13H14N2O/c1-10-4-6-12(7-5-10)15-8-2-3-11(9-15)13(14)16/h2,4-9H,3H2,1H3,(H2,14,16). The number of primary amides is 1. The molecule has 0 bridgehead atoms. The van der Waals surface area contributed by atoms with E-state index in [-0.39, 0.29) is 5.91 Å². The summed E-state index contributed by atoms with van der Waals surface area (Å²) in [4.78, 5) is 13.0.